The van der Waals surface area contributed by atoms with Crippen LogP contribution in [0.3, 0.4) is 0 Å². The first-order valence-corrected chi connectivity index (χ1v) is 7.56. The number of nitrogens with one attached hydrogen (secondary N) is 1. The summed E-state index contributed by atoms with van der Waals surface area (Å²) in [5.41, 5.74) is 1.16. The summed E-state index contributed by atoms with van der Waals surface area (Å²) in [4.78, 5) is 11.5. The second kappa shape index (κ2) is 6.85. The van der Waals surface area contributed by atoms with E-state index in [1.165, 1.54) is 19.3 Å². The van der Waals surface area contributed by atoms with Gasteiger partial charge < -0.3 is 10.2 Å². The molecule has 0 aliphatic carbocycles. The Morgan fingerprint density at radius 1 is 1.26 bits per heavy atom. The van der Waals surface area contributed by atoms with E-state index in [1.54, 1.807) is 0 Å². The first kappa shape index (κ1) is 14.3. The van der Waals surface area contributed by atoms with E-state index in [0.717, 1.165) is 31.0 Å². The predicted molar refractivity (Wildman–Crippen MR) is 79.3 cm³/mol. The van der Waals surface area contributed by atoms with Gasteiger partial charge in [-0.2, -0.15) is 0 Å². The molecule has 2 heterocycles. The molecule has 0 bridgehead atoms. The van der Waals surface area contributed by atoms with Gasteiger partial charge >= 0.3 is 0 Å². The zero-order valence-electron chi connectivity index (χ0n) is 12.4. The largest absolute Gasteiger partial charge is 0.335 e. The van der Waals surface area contributed by atoms with Crippen LogP contribution in [0.25, 0.3) is 0 Å². The van der Waals surface area contributed by atoms with E-state index in [4.69, 9.17) is 0 Å². The van der Waals surface area contributed by atoms with Crippen LogP contribution in [0.1, 0.15) is 52.0 Å². The molecule has 2 rings (SSSR count). The van der Waals surface area contributed by atoms with E-state index in [2.05, 4.69) is 41.0 Å². The Bertz CT molecular complexity index is 376. The molecule has 0 radical (unpaired) electrons. The van der Waals surface area contributed by atoms with Gasteiger partial charge in [-0.3, -0.25) is 0 Å². The van der Waals surface area contributed by atoms with Crippen LogP contribution in [0.4, 0.5) is 5.95 Å². The van der Waals surface area contributed by atoms with Gasteiger partial charge in [0.25, 0.3) is 0 Å². The fourth-order valence-corrected chi connectivity index (χ4v) is 2.81. The number of hydrogen-bond acceptors (Lipinski definition) is 4. The van der Waals surface area contributed by atoms with Crippen molar-refractivity contribution in [3.8, 4) is 0 Å². The predicted octanol–water partition coefficient (Wildman–Crippen LogP) is 2.74. The quantitative estimate of drug-likeness (QED) is 0.800. The van der Waals surface area contributed by atoms with Crippen LogP contribution >= 0.6 is 0 Å². The summed E-state index contributed by atoms with van der Waals surface area (Å²) in [6, 6.07) is 1.17. The Morgan fingerprint density at radius 2 is 2.00 bits per heavy atom. The Hall–Kier alpha value is -1.16. The lowest BCUT2D eigenvalue weighted by molar-refractivity contribution is 0.610. The molecule has 1 aromatic rings. The molecule has 0 saturated carbocycles. The number of aromatic nitrogens is 2. The van der Waals surface area contributed by atoms with Gasteiger partial charge in [0.05, 0.1) is 0 Å². The average Bonchev–Trinajstić information content (AvgIpc) is 2.81. The molecule has 106 valence electrons. The molecule has 1 aliphatic heterocycles. The maximum Gasteiger partial charge on any atom is 0.225 e. The van der Waals surface area contributed by atoms with Crippen molar-refractivity contribution >= 4 is 5.95 Å². The summed E-state index contributed by atoms with van der Waals surface area (Å²) >= 11 is 0. The zero-order valence-corrected chi connectivity index (χ0v) is 12.4. The summed E-state index contributed by atoms with van der Waals surface area (Å²) in [6.07, 6.45) is 8.77. The molecule has 1 aliphatic rings. The second-order valence-corrected chi connectivity index (χ2v) is 5.46. The van der Waals surface area contributed by atoms with Crippen LogP contribution < -0.4 is 10.2 Å². The van der Waals surface area contributed by atoms with Gasteiger partial charge in [0.2, 0.25) is 5.95 Å². The third kappa shape index (κ3) is 3.44. The minimum absolute atomic E-state index is 0.564. The van der Waals surface area contributed by atoms with Crippen molar-refractivity contribution in [2.45, 2.75) is 65.1 Å². The van der Waals surface area contributed by atoms with E-state index in [1.807, 2.05) is 12.4 Å². The molecular weight excluding hydrogens is 236 g/mol. The lowest BCUT2D eigenvalue weighted by Gasteiger charge is -2.27. The summed E-state index contributed by atoms with van der Waals surface area (Å²) < 4.78 is 0. The van der Waals surface area contributed by atoms with Gasteiger partial charge in [0.15, 0.2) is 0 Å². The Kier molecular flexibility index (Phi) is 5.14. The fourth-order valence-electron chi connectivity index (χ4n) is 2.81. The monoisotopic (exact) mass is 262 g/mol. The maximum absolute atomic E-state index is 4.56. The van der Waals surface area contributed by atoms with Crippen molar-refractivity contribution in [2.24, 2.45) is 0 Å². The molecule has 0 spiro atoms. The van der Waals surface area contributed by atoms with Crippen LogP contribution in [0.15, 0.2) is 12.4 Å². The van der Waals surface area contributed by atoms with Gasteiger partial charge in [0, 0.05) is 36.6 Å². The number of hydrogen-bond donors (Lipinski definition) is 1. The summed E-state index contributed by atoms with van der Waals surface area (Å²) in [6.45, 7) is 8.60. The normalized spacial score (nSPS) is 23.0. The van der Waals surface area contributed by atoms with E-state index in [9.17, 15) is 0 Å². The lowest BCUT2D eigenvalue weighted by Crippen LogP contribution is -2.35. The minimum atomic E-state index is 0.564. The Labute approximate surface area is 116 Å². The van der Waals surface area contributed by atoms with Crippen LogP contribution in [0.5, 0.6) is 0 Å². The molecule has 0 amide bonds. The van der Waals surface area contributed by atoms with Crippen molar-refractivity contribution in [3.63, 3.8) is 0 Å². The fraction of sp³-hybridized carbons (Fsp3) is 0.733. The SMILES string of the molecule is CCCNCc1cnc(N2C(C)CCC2CC)nc1. The highest BCUT2D eigenvalue weighted by Crippen LogP contribution is 2.29. The van der Waals surface area contributed by atoms with Crippen LogP contribution in [0.2, 0.25) is 0 Å². The van der Waals surface area contributed by atoms with Gasteiger partial charge in [0.1, 0.15) is 0 Å². The third-order valence-electron chi connectivity index (χ3n) is 3.94. The molecule has 19 heavy (non-hydrogen) atoms. The van der Waals surface area contributed by atoms with Crippen molar-refractivity contribution in [1.82, 2.24) is 15.3 Å². The molecule has 2 atom stereocenters. The van der Waals surface area contributed by atoms with E-state index in [0.29, 0.717) is 12.1 Å². The molecule has 1 N–H and O–H groups in total. The Balaban J connectivity index is 2.01. The smallest absolute Gasteiger partial charge is 0.225 e. The summed E-state index contributed by atoms with van der Waals surface area (Å²) in [7, 11) is 0. The van der Waals surface area contributed by atoms with Crippen molar-refractivity contribution in [1.29, 1.82) is 0 Å². The van der Waals surface area contributed by atoms with Crippen LogP contribution in [-0.2, 0) is 6.54 Å². The molecule has 1 fully saturated rings. The average molecular weight is 262 g/mol. The topological polar surface area (TPSA) is 41.1 Å². The van der Waals surface area contributed by atoms with Gasteiger partial charge in [-0.25, -0.2) is 9.97 Å². The Morgan fingerprint density at radius 3 is 2.63 bits per heavy atom. The number of anilines is 1. The first-order chi connectivity index (χ1) is 9.26. The van der Waals surface area contributed by atoms with E-state index in [-0.39, 0.29) is 0 Å². The highest BCUT2D eigenvalue weighted by Gasteiger charge is 2.30. The maximum atomic E-state index is 4.56. The minimum Gasteiger partial charge on any atom is -0.335 e. The molecule has 4 heteroatoms. The third-order valence-corrected chi connectivity index (χ3v) is 3.94. The molecule has 2 unspecified atom stereocenters. The first-order valence-electron chi connectivity index (χ1n) is 7.56. The molecule has 4 nitrogen and oxygen atoms in total. The van der Waals surface area contributed by atoms with E-state index >= 15 is 0 Å². The van der Waals surface area contributed by atoms with Crippen molar-refractivity contribution in [3.05, 3.63) is 18.0 Å². The standard InChI is InChI=1S/C15H26N4/c1-4-8-16-9-13-10-17-15(18-11-13)19-12(3)6-7-14(19)5-2/h10-12,14,16H,4-9H2,1-3H3. The summed E-state index contributed by atoms with van der Waals surface area (Å²) in [5.74, 6) is 0.899. The van der Waals surface area contributed by atoms with Gasteiger partial charge in [-0.05, 0) is 39.2 Å². The van der Waals surface area contributed by atoms with E-state index < -0.39 is 0 Å². The summed E-state index contributed by atoms with van der Waals surface area (Å²) in [5, 5.41) is 3.38. The molecule has 0 aromatic carbocycles. The van der Waals surface area contributed by atoms with Gasteiger partial charge in [-0.1, -0.05) is 13.8 Å². The van der Waals surface area contributed by atoms with Crippen molar-refractivity contribution < 1.29 is 0 Å². The number of rotatable bonds is 6. The number of nitrogens with zero attached hydrogens (tertiary/aromatic N) is 3. The zero-order chi connectivity index (χ0) is 13.7. The second-order valence-electron chi connectivity index (χ2n) is 5.46. The highest BCUT2D eigenvalue weighted by atomic mass is 15.3. The highest BCUT2D eigenvalue weighted by molar-refractivity contribution is 5.35. The lowest BCUT2D eigenvalue weighted by atomic mass is 10.2. The van der Waals surface area contributed by atoms with Gasteiger partial charge in [-0.15, -0.1) is 0 Å². The molecule has 1 saturated heterocycles. The van der Waals surface area contributed by atoms with Crippen LogP contribution in [0, 0.1) is 0 Å². The molecule has 1 aromatic heterocycles. The molecular formula is C15H26N4. The van der Waals surface area contributed by atoms with Crippen molar-refractivity contribution in [2.75, 3.05) is 11.4 Å². The van der Waals surface area contributed by atoms with Crippen LogP contribution in [-0.4, -0.2) is 28.6 Å².